The summed E-state index contributed by atoms with van der Waals surface area (Å²) in [6.07, 6.45) is -0.453. The average molecular weight is 360 g/mol. The number of nitrogens with zero attached hydrogens (tertiary/aromatic N) is 1. The fourth-order valence-electron chi connectivity index (χ4n) is 3.41. The van der Waals surface area contributed by atoms with Crippen LogP contribution in [-0.2, 0) is 0 Å². The van der Waals surface area contributed by atoms with Gasteiger partial charge in [0.15, 0.2) is 11.5 Å². The highest BCUT2D eigenvalue weighted by molar-refractivity contribution is 6.12. The Morgan fingerprint density at radius 1 is 1.04 bits per heavy atom. The Labute approximate surface area is 157 Å². The summed E-state index contributed by atoms with van der Waals surface area (Å²) in [7, 11) is 1.51. The van der Waals surface area contributed by atoms with Gasteiger partial charge in [0, 0.05) is 11.4 Å². The molecule has 5 heteroatoms. The van der Waals surface area contributed by atoms with E-state index in [0.717, 1.165) is 22.5 Å². The minimum atomic E-state index is -0.453. The van der Waals surface area contributed by atoms with Crippen LogP contribution in [0.4, 0.5) is 11.4 Å². The molecule has 0 saturated heterocycles. The molecule has 27 heavy (non-hydrogen) atoms. The summed E-state index contributed by atoms with van der Waals surface area (Å²) in [5, 5.41) is 13.7. The number of phenolic OH excluding ortho intramolecular Hbond substituents is 1. The van der Waals surface area contributed by atoms with Crippen LogP contribution in [0.2, 0.25) is 0 Å². The van der Waals surface area contributed by atoms with E-state index in [1.807, 2.05) is 61.5 Å². The number of ether oxygens (including phenoxy) is 1. The number of aromatic hydroxyl groups is 1. The summed E-state index contributed by atoms with van der Waals surface area (Å²) < 4.78 is 5.14. The van der Waals surface area contributed by atoms with Crippen LogP contribution in [0, 0.1) is 6.92 Å². The lowest BCUT2D eigenvalue weighted by molar-refractivity contribution is 0.0975. The number of methoxy groups -OCH3 is 1. The van der Waals surface area contributed by atoms with Crippen molar-refractivity contribution in [2.45, 2.75) is 13.1 Å². The second-order valence-corrected chi connectivity index (χ2v) is 6.54. The number of carbonyl (C=O) groups is 1. The third kappa shape index (κ3) is 2.97. The first-order chi connectivity index (χ1) is 13.1. The van der Waals surface area contributed by atoms with E-state index in [9.17, 15) is 9.90 Å². The molecule has 5 nitrogen and oxygen atoms in total. The number of fused-ring (bicyclic) bond motifs is 1. The molecule has 3 aromatic carbocycles. The molecule has 2 N–H and O–H groups in total. The maximum Gasteiger partial charge on any atom is 0.262 e. The van der Waals surface area contributed by atoms with Gasteiger partial charge in [0.1, 0.15) is 6.17 Å². The Morgan fingerprint density at radius 2 is 1.85 bits per heavy atom. The number of rotatable bonds is 3. The molecule has 1 atom stereocenters. The summed E-state index contributed by atoms with van der Waals surface area (Å²) >= 11 is 0. The van der Waals surface area contributed by atoms with Gasteiger partial charge in [-0.3, -0.25) is 9.69 Å². The van der Waals surface area contributed by atoms with Crippen LogP contribution >= 0.6 is 0 Å². The Morgan fingerprint density at radius 3 is 2.59 bits per heavy atom. The molecule has 0 aliphatic carbocycles. The second kappa shape index (κ2) is 6.68. The number of hydrogen-bond donors (Lipinski definition) is 2. The number of aryl methyl sites for hydroxylation is 1. The zero-order valence-corrected chi connectivity index (χ0v) is 15.1. The van der Waals surface area contributed by atoms with E-state index in [2.05, 4.69) is 5.32 Å². The molecule has 0 aromatic heterocycles. The summed E-state index contributed by atoms with van der Waals surface area (Å²) in [5.74, 6) is 0.339. The third-order valence-electron chi connectivity index (χ3n) is 4.73. The first-order valence-electron chi connectivity index (χ1n) is 8.71. The Bertz CT molecular complexity index is 1020. The lowest BCUT2D eigenvalue weighted by Crippen LogP contribution is -2.43. The fourth-order valence-corrected chi connectivity index (χ4v) is 3.41. The van der Waals surface area contributed by atoms with E-state index in [-0.39, 0.29) is 11.7 Å². The van der Waals surface area contributed by atoms with Crippen molar-refractivity contribution in [3.8, 4) is 11.5 Å². The highest BCUT2D eigenvalue weighted by Gasteiger charge is 2.34. The molecular weight excluding hydrogens is 340 g/mol. The number of para-hydroxylation sites is 1. The Hall–Kier alpha value is -3.47. The molecule has 1 heterocycles. The molecule has 3 aromatic rings. The van der Waals surface area contributed by atoms with Crippen molar-refractivity contribution in [1.29, 1.82) is 0 Å². The fraction of sp³-hybridized carbons (Fsp3) is 0.136. The predicted octanol–water partition coefficient (Wildman–Crippen LogP) is 4.48. The van der Waals surface area contributed by atoms with Gasteiger partial charge >= 0.3 is 0 Å². The van der Waals surface area contributed by atoms with Gasteiger partial charge in [0.2, 0.25) is 0 Å². The maximum absolute atomic E-state index is 13.3. The van der Waals surface area contributed by atoms with E-state index in [1.165, 1.54) is 7.11 Å². The Kier molecular flexibility index (Phi) is 4.20. The van der Waals surface area contributed by atoms with Gasteiger partial charge in [-0.05, 0) is 54.4 Å². The van der Waals surface area contributed by atoms with Gasteiger partial charge in [-0.25, -0.2) is 0 Å². The van der Waals surface area contributed by atoms with E-state index in [1.54, 1.807) is 17.0 Å². The van der Waals surface area contributed by atoms with E-state index in [4.69, 9.17) is 4.74 Å². The number of anilines is 2. The first-order valence-corrected chi connectivity index (χ1v) is 8.71. The van der Waals surface area contributed by atoms with Crippen LogP contribution in [0.3, 0.4) is 0 Å². The zero-order valence-electron chi connectivity index (χ0n) is 15.1. The van der Waals surface area contributed by atoms with Gasteiger partial charge in [-0.15, -0.1) is 0 Å². The van der Waals surface area contributed by atoms with E-state index < -0.39 is 6.17 Å². The number of carbonyl (C=O) groups excluding carboxylic acids is 1. The van der Waals surface area contributed by atoms with Gasteiger partial charge in [-0.2, -0.15) is 0 Å². The average Bonchev–Trinajstić information content (AvgIpc) is 2.68. The van der Waals surface area contributed by atoms with Crippen LogP contribution in [0.15, 0.2) is 66.7 Å². The summed E-state index contributed by atoms with van der Waals surface area (Å²) in [4.78, 5) is 15.0. The summed E-state index contributed by atoms with van der Waals surface area (Å²) in [5.41, 5.74) is 4.01. The van der Waals surface area contributed by atoms with Crippen LogP contribution in [0.5, 0.6) is 11.5 Å². The maximum atomic E-state index is 13.3. The van der Waals surface area contributed by atoms with Crippen molar-refractivity contribution in [3.63, 3.8) is 0 Å². The van der Waals surface area contributed by atoms with Gasteiger partial charge < -0.3 is 15.2 Å². The van der Waals surface area contributed by atoms with Crippen molar-refractivity contribution in [2.75, 3.05) is 17.3 Å². The molecular formula is C22H20N2O3. The lowest BCUT2D eigenvalue weighted by Gasteiger charge is -2.38. The highest BCUT2D eigenvalue weighted by atomic mass is 16.5. The zero-order chi connectivity index (χ0) is 19.0. The number of nitrogens with one attached hydrogen (secondary N) is 1. The van der Waals surface area contributed by atoms with Crippen molar-refractivity contribution >= 4 is 17.3 Å². The van der Waals surface area contributed by atoms with Gasteiger partial charge in [-0.1, -0.05) is 30.3 Å². The van der Waals surface area contributed by atoms with Crippen LogP contribution in [0.1, 0.15) is 27.7 Å². The number of benzene rings is 3. The van der Waals surface area contributed by atoms with Crippen molar-refractivity contribution in [2.24, 2.45) is 0 Å². The molecule has 1 amide bonds. The van der Waals surface area contributed by atoms with Crippen molar-refractivity contribution in [1.82, 2.24) is 0 Å². The van der Waals surface area contributed by atoms with Crippen LogP contribution in [0.25, 0.3) is 0 Å². The van der Waals surface area contributed by atoms with Crippen molar-refractivity contribution < 1.29 is 14.6 Å². The van der Waals surface area contributed by atoms with Crippen LogP contribution < -0.4 is 15.0 Å². The minimum absolute atomic E-state index is 0.0345. The lowest BCUT2D eigenvalue weighted by atomic mass is 10.0. The molecule has 1 aliphatic rings. The molecule has 4 rings (SSSR count). The molecule has 1 aliphatic heterocycles. The van der Waals surface area contributed by atoms with Gasteiger partial charge in [0.05, 0.1) is 12.7 Å². The second-order valence-electron chi connectivity index (χ2n) is 6.54. The Balaban J connectivity index is 1.86. The molecule has 0 spiro atoms. The quantitative estimate of drug-likeness (QED) is 0.723. The van der Waals surface area contributed by atoms with Crippen molar-refractivity contribution in [3.05, 3.63) is 83.4 Å². The first kappa shape index (κ1) is 17.0. The summed E-state index contributed by atoms with van der Waals surface area (Å²) in [6, 6.07) is 20.4. The highest BCUT2D eigenvalue weighted by Crippen LogP contribution is 2.39. The summed E-state index contributed by atoms with van der Waals surface area (Å²) in [6.45, 7) is 1.99. The van der Waals surface area contributed by atoms with E-state index >= 15 is 0 Å². The molecule has 0 unspecified atom stereocenters. The monoisotopic (exact) mass is 360 g/mol. The molecule has 0 radical (unpaired) electrons. The molecule has 136 valence electrons. The van der Waals surface area contributed by atoms with Gasteiger partial charge in [0.25, 0.3) is 5.91 Å². The third-order valence-corrected chi connectivity index (χ3v) is 4.73. The minimum Gasteiger partial charge on any atom is -0.504 e. The molecule has 0 bridgehead atoms. The molecule has 0 fully saturated rings. The SMILES string of the molecule is COc1ccc([C@H]2Nc3ccccc3C(=O)N2c2cccc(C)c2)cc1O. The standard InChI is InChI=1S/C22H20N2O3/c1-14-6-5-7-16(12-14)24-21(15-10-11-20(27-2)19(25)13-15)23-18-9-4-3-8-17(18)22(24)26/h3-13,21,23,25H,1-2H3/t21-/m0/s1. The number of amides is 1. The normalized spacial score (nSPS) is 15.9. The van der Waals surface area contributed by atoms with E-state index in [0.29, 0.717) is 11.3 Å². The number of phenols is 1. The van der Waals surface area contributed by atoms with Crippen LogP contribution in [-0.4, -0.2) is 18.1 Å². The smallest absolute Gasteiger partial charge is 0.262 e. The molecule has 0 saturated carbocycles. The number of hydrogen-bond acceptors (Lipinski definition) is 4. The predicted molar refractivity (Wildman–Crippen MR) is 105 cm³/mol. The topological polar surface area (TPSA) is 61.8 Å². The largest absolute Gasteiger partial charge is 0.504 e.